The number of carbonyl (C=O) groups is 1. The zero-order valence-corrected chi connectivity index (χ0v) is 11.7. The first-order chi connectivity index (χ1) is 8.58. The second kappa shape index (κ2) is 5.91. The molecular formula is C13H16Cl2N2O. The van der Waals surface area contributed by atoms with E-state index in [4.69, 9.17) is 23.2 Å². The van der Waals surface area contributed by atoms with E-state index in [2.05, 4.69) is 17.6 Å². The number of rotatable bonds is 2. The average Bonchev–Trinajstić information content (AvgIpc) is 2.32. The van der Waals surface area contributed by atoms with Gasteiger partial charge in [-0.1, -0.05) is 29.3 Å². The lowest BCUT2D eigenvalue weighted by molar-refractivity contribution is 0.0926. The number of hydrogen-bond acceptors (Lipinski definition) is 2. The van der Waals surface area contributed by atoms with Crippen LogP contribution in [0.3, 0.4) is 0 Å². The van der Waals surface area contributed by atoms with Gasteiger partial charge in [-0.25, -0.2) is 0 Å². The van der Waals surface area contributed by atoms with Crippen LogP contribution in [-0.4, -0.2) is 24.5 Å². The van der Waals surface area contributed by atoms with Crippen molar-refractivity contribution < 1.29 is 4.79 Å². The standard InChI is InChI=1S/C13H16Cl2N2O/c1-8-7-9(5-6-16-8)17-13(18)10-3-2-4-11(14)12(10)15/h2-4,8-9,16H,5-7H2,1H3,(H,17,18). The highest BCUT2D eigenvalue weighted by atomic mass is 35.5. The lowest BCUT2D eigenvalue weighted by Crippen LogP contribution is -2.46. The summed E-state index contributed by atoms with van der Waals surface area (Å²) in [6, 6.07) is 5.72. The Labute approximate surface area is 117 Å². The van der Waals surface area contributed by atoms with Crippen LogP contribution in [0.5, 0.6) is 0 Å². The smallest absolute Gasteiger partial charge is 0.253 e. The van der Waals surface area contributed by atoms with Crippen LogP contribution in [0.4, 0.5) is 0 Å². The minimum absolute atomic E-state index is 0.151. The summed E-state index contributed by atoms with van der Waals surface area (Å²) in [7, 11) is 0. The Morgan fingerprint density at radius 2 is 2.22 bits per heavy atom. The summed E-state index contributed by atoms with van der Waals surface area (Å²) < 4.78 is 0. The average molecular weight is 287 g/mol. The minimum Gasteiger partial charge on any atom is -0.349 e. The molecule has 0 spiro atoms. The second-order valence-electron chi connectivity index (χ2n) is 4.65. The predicted octanol–water partition coefficient (Wildman–Crippen LogP) is 2.86. The van der Waals surface area contributed by atoms with Crippen LogP contribution < -0.4 is 10.6 Å². The fourth-order valence-corrected chi connectivity index (χ4v) is 2.59. The van der Waals surface area contributed by atoms with E-state index in [0.29, 0.717) is 21.7 Å². The number of benzene rings is 1. The van der Waals surface area contributed by atoms with Crippen molar-refractivity contribution in [3.63, 3.8) is 0 Å². The lowest BCUT2D eigenvalue weighted by Gasteiger charge is -2.28. The maximum absolute atomic E-state index is 12.1. The number of piperidine rings is 1. The summed E-state index contributed by atoms with van der Waals surface area (Å²) in [6.45, 7) is 3.04. The van der Waals surface area contributed by atoms with Crippen LogP contribution in [0, 0.1) is 0 Å². The quantitative estimate of drug-likeness (QED) is 0.878. The topological polar surface area (TPSA) is 41.1 Å². The van der Waals surface area contributed by atoms with Gasteiger partial charge in [-0.15, -0.1) is 0 Å². The van der Waals surface area contributed by atoms with Gasteiger partial charge in [-0.3, -0.25) is 4.79 Å². The predicted molar refractivity (Wildman–Crippen MR) is 74.4 cm³/mol. The van der Waals surface area contributed by atoms with Gasteiger partial charge in [0.15, 0.2) is 0 Å². The molecule has 1 aromatic rings. The van der Waals surface area contributed by atoms with E-state index < -0.39 is 0 Å². The Bertz CT molecular complexity index is 451. The van der Waals surface area contributed by atoms with Crippen molar-refractivity contribution >= 4 is 29.1 Å². The van der Waals surface area contributed by atoms with E-state index >= 15 is 0 Å². The van der Waals surface area contributed by atoms with Crippen molar-refractivity contribution in [2.24, 2.45) is 0 Å². The molecule has 3 nitrogen and oxygen atoms in total. The third-order valence-corrected chi connectivity index (χ3v) is 3.97. The number of nitrogens with one attached hydrogen (secondary N) is 2. The first-order valence-electron chi connectivity index (χ1n) is 6.06. The zero-order chi connectivity index (χ0) is 13.1. The highest BCUT2D eigenvalue weighted by molar-refractivity contribution is 6.43. The van der Waals surface area contributed by atoms with Gasteiger partial charge >= 0.3 is 0 Å². The monoisotopic (exact) mass is 286 g/mol. The molecule has 2 atom stereocenters. The molecule has 1 amide bonds. The zero-order valence-electron chi connectivity index (χ0n) is 10.2. The molecule has 0 saturated carbocycles. The van der Waals surface area contributed by atoms with Gasteiger partial charge in [0, 0.05) is 12.1 Å². The molecule has 5 heteroatoms. The van der Waals surface area contributed by atoms with E-state index in [1.165, 1.54) is 0 Å². The molecule has 0 aliphatic carbocycles. The lowest BCUT2D eigenvalue weighted by atomic mass is 10.0. The van der Waals surface area contributed by atoms with Gasteiger partial charge < -0.3 is 10.6 Å². The summed E-state index contributed by atoms with van der Waals surface area (Å²) >= 11 is 11.9. The molecule has 1 aliphatic heterocycles. The largest absolute Gasteiger partial charge is 0.349 e. The van der Waals surface area contributed by atoms with Crippen molar-refractivity contribution in [3.05, 3.63) is 33.8 Å². The fourth-order valence-electron chi connectivity index (χ4n) is 2.21. The molecular weight excluding hydrogens is 271 g/mol. The Kier molecular flexibility index (Phi) is 4.49. The van der Waals surface area contributed by atoms with E-state index in [-0.39, 0.29) is 11.9 Å². The Balaban J connectivity index is 2.05. The molecule has 2 rings (SSSR count). The van der Waals surface area contributed by atoms with Gasteiger partial charge in [-0.2, -0.15) is 0 Å². The summed E-state index contributed by atoms with van der Waals surface area (Å²) in [4.78, 5) is 12.1. The van der Waals surface area contributed by atoms with Crippen molar-refractivity contribution in [1.29, 1.82) is 0 Å². The summed E-state index contributed by atoms with van der Waals surface area (Å²) in [5.74, 6) is -0.151. The number of halogens is 2. The van der Waals surface area contributed by atoms with Gasteiger partial charge in [0.1, 0.15) is 0 Å². The van der Waals surface area contributed by atoms with Crippen LogP contribution in [0.15, 0.2) is 18.2 Å². The van der Waals surface area contributed by atoms with Crippen LogP contribution in [-0.2, 0) is 0 Å². The van der Waals surface area contributed by atoms with Gasteiger partial charge in [0.05, 0.1) is 15.6 Å². The summed E-state index contributed by atoms with van der Waals surface area (Å²) in [5, 5.41) is 7.08. The Morgan fingerprint density at radius 3 is 2.94 bits per heavy atom. The van der Waals surface area contributed by atoms with E-state index in [1.807, 2.05) is 0 Å². The maximum atomic E-state index is 12.1. The molecule has 2 unspecified atom stereocenters. The van der Waals surface area contributed by atoms with E-state index in [9.17, 15) is 4.79 Å². The number of amides is 1. The molecule has 98 valence electrons. The van der Waals surface area contributed by atoms with Crippen molar-refractivity contribution in [1.82, 2.24) is 10.6 Å². The highest BCUT2D eigenvalue weighted by Gasteiger charge is 2.21. The molecule has 0 aromatic heterocycles. The highest BCUT2D eigenvalue weighted by Crippen LogP contribution is 2.25. The fraction of sp³-hybridized carbons (Fsp3) is 0.462. The minimum atomic E-state index is -0.151. The molecule has 1 aliphatic rings. The first kappa shape index (κ1) is 13.7. The maximum Gasteiger partial charge on any atom is 0.253 e. The molecule has 1 heterocycles. The first-order valence-corrected chi connectivity index (χ1v) is 6.82. The van der Waals surface area contributed by atoms with E-state index in [1.54, 1.807) is 18.2 Å². The third kappa shape index (κ3) is 3.16. The molecule has 1 saturated heterocycles. The Morgan fingerprint density at radius 1 is 1.44 bits per heavy atom. The number of hydrogen-bond donors (Lipinski definition) is 2. The SMILES string of the molecule is CC1CC(NC(=O)c2cccc(Cl)c2Cl)CCN1. The molecule has 1 fully saturated rings. The Hall–Kier alpha value is -0.770. The summed E-state index contributed by atoms with van der Waals surface area (Å²) in [5.41, 5.74) is 0.440. The molecule has 0 bridgehead atoms. The molecule has 18 heavy (non-hydrogen) atoms. The van der Waals surface area contributed by atoms with E-state index in [0.717, 1.165) is 19.4 Å². The number of carbonyl (C=O) groups excluding carboxylic acids is 1. The van der Waals surface area contributed by atoms with Crippen molar-refractivity contribution in [2.75, 3.05) is 6.54 Å². The van der Waals surface area contributed by atoms with Crippen molar-refractivity contribution in [2.45, 2.75) is 31.8 Å². The van der Waals surface area contributed by atoms with Crippen LogP contribution in [0.2, 0.25) is 10.0 Å². The van der Waals surface area contributed by atoms with Gasteiger partial charge in [0.2, 0.25) is 0 Å². The molecule has 1 aromatic carbocycles. The second-order valence-corrected chi connectivity index (χ2v) is 5.44. The van der Waals surface area contributed by atoms with Gasteiger partial charge in [-0.05, 0) is 38.4 Å². The van der Waals surface area contributed by atoms with Crippen LogP contribution in [0.1, 0.15) is 30.1 Å². The van der Waals surface area contributed by atoms with Crippen molar-refractivity contribution in [3.8, 4) is 0 Å². The molecule has 2 N–H and O–H groups in total. The molecule has 0 radical (unpaired) electrons. The van der Waals surface area contributed by atoms with Crippen LogP contribution >= 0.6 is 23.2 Å². The van der Waals surface area contributed by atoms with Gasteiger partial charge in [0.25, 0.3) is 5.91 Å². The normalized spacial score (nSPS) is 23.7. The third-order valence-electron chi connectivity index (χ3n) is 3.16. The van der Waals surface area contributed by atoms with Crippen LogP contribution in [0.25, 0.3) is 0 Å². The summed E-state index contributed by atoms with van der Waals surface area (Å²) in [6.07, 6.45) is 1.87.